The molecule has 0 atom stereocenters. The summed E-state index contributed by atoms with van der Waals surface area (Å²) in [6.07, 6.45) is 2.22. The van der Waals surface area contributed by atoms with Crippen molar-refractivity contribution in [2.45, 2.75) is 39.2 Å². The van der Waals surface area contributed by atoms with Crippen molar-refractivity contribution in [1.82, 2.24) is 10.2 Å². The van der Waals surface area contributed by atoms with Crippen LogP contribution in [0.3, 0.4) is 0 Å². The third-order valence-electron chi connectivity index (χ3n) is 3.04. The first-order chi connectivity index (χ1) is 9.97. The molecule has 0 aromatic carbocycles. The van der Waals surface area contributed by atoms with Crippen LogP contribution in [0, 0.1) is 0 Å². The fourth-order valence-corrected chi connectivity index (χ4v) is 2.06. The van der Waals surface area contributed by atoms with Gasteiger partial charge in [-0.1, -0.05) is 0 Å². The number of hydrogen-bond donors (Lipinski definition) is 1. The average Bonchev–Trinajstić information content (AvgIpc) is 2.87. The molecule has 0 spiro atoms. The lowest BCUT2D eigenvalue weighted by atomic mass is 10.2. The van der Waals surface area contributed by atoms with E-state index in [-0.39, 0.29) is 1.43 Å². The van der Waals surface area contributed by atoms with Crippen LogP contribution in [0.25, 0.3) is 0 Å². The maximum Gasteiger partial charge on any atom is 0.407 e. The van der Waals surface area contributed by atoms with E-state index in [2.05, 4.69) is 10.2 Å². The number of ether oxygens (including phenoxy) is 3. The molecule has 0 aliphatic carbocycles. The molecule has 1 heterocycles. The van der Waals surface area contributed by atoms with Gasteiger partial charge in [0.15, 0.2) is 0 Å². The second-order valence-electron chi connectivity index (χ2n) is 6.20. The Labute approximate surface area is 129 Å². The van der Waals surface area contributed by atoms with Crippen molar-refractivity contribution in [1.29, 1.82) is 0 Å². The van der Waals surface area contributed by atoms with Crippen molar-refractivity contribution in [3.05, 3.63) is 0 Å². The van der Waals surface area contributed by atoms with Crippen molar-refractivity contribution in [3.63, 3.8) is 0 Å². The van der Waals surface area contributed by atoms with E-state index in [1.54, 1.807) is 0 Å². The minimum atomic E-state index is -0.464. The number of nitrogens with zero attached hydrogens (tertiary/aromatic N) is 1. The molecule has 1 fully saturated rings. The molecule has 6 nitrogen and oxygen atoms in total. The van der Waals surface area contributed by atoms with Gasteiger partial charge in [0.05, 0.1) is 26.4 Å². The van der Waals surface area contributed by atoms with E-state index in [0.29, 0.717) is 26.4 Å². The zero-order chi connectivity index (χ0) is 15.6. The highest BCUT2D eigenvalue weighted by atomic mass is 16.6. The van der Waals surface area contributed by atoms with E-state index in [1.807, 2.05) is 20.8 Å². The maximum atomic E-state index is 11.3. The van der Waals surface area contributed by atoms with Gasteiger partial charge in [-0.25, -0.2) is 4.79 Å². The molecule has 21 heavy (non-hydrogen) atoms. The number of nitrogens with one attached hydrogen (secondary N) is 1. The Balaban J connectivity index is 0.00000441. The molecular formula is C15H32N2O4. The number of alkyl carbamates (subject to hydrolysis) is 1. The van der Waals surface area contributed by atoms with Crippen LogP contribution in [0.5, 0.6) is 0 Å². The highest BCUT2D eigenvalue weighted by Crippen LogP contribution is 2.06. The largest absolute Gasteiger partial charge is 0.444 e. The van der Waals surface area contributed by atoms with Gasteiger partial charge in [0.1, 0.15) is 5.60 Å². The highest BCUT2D eigenvalue weighted by Gasteiger charge is 2.15. The number of carbonyl (C=O) groups is 1. The summed E-state index contributed by atoms with van der Waals surface area (Å²) in [6, 6.07) is 0. The molecule has 1 N–H and O–H groups in total. The van der Waals surface area contributed by atoms with E-state index in [9.17, 15) is 4.79 Å². The predicted octanol–water partition coefficient (Wildman–Crippen LogP) is 1.89. The van der Waals surface area contributed by atoms with E-state index in [0.717, 1.165) is 13.2 Å². The Morgan fingerprint density at radius 3 is 2.33 bits per heavy atom. The Kier molecular flexibility index (Phi) is 8.64. The second-order valence-corrected chi connectivity index (χ2v) is 6.20. The smallest absolute Gasteiger partial charge is 0.407 e. The van der Waals surface area contributed by atoms with Crippen molar-refractivity contribution >= 4 is 6.09 Å². The summed E-state index contributed by atoms with van der Waals surface area (Å²) in [5.41, 5.74) is -0.464. The Morgan fingerprint density at radius 2 is 1.71 bits per heavy atom. The van der Waals surface area contributed by atoms with Crippen LogP contribution < -0.4 is 5.32 Å². The Morgan fingerprint density at radius 1 is 1.10 bits per heavy atom. The van der Waals surface area contributed by atoms with E-state index in [1.165, 1.54) is 25.9 Å². The molecule has 1 rings (SSSR count). The van der Waals surface area contributed by atoms with Gasteiger partial charge in [-0.3, -0.25) is 0 Å². The van der Waals surface area contributed by atoms with Crippen LogP contribution in [-0.2, 0) is 14.2 Å². The van der Waals surface area contributed by atoms with Gasteiger partial charge in [0.2, 0.25) is 0 Å². The minimum absolute atomic E-state index is 0. The molecule has 126 valence electrons. The van der Waals surface area contributed by atoms with Crippen LogP contribution in [0.4, 0.5) is 4.79 Å². The predicted molar refractivity (Wildman–Crippen MR) is 83.7 cm³/mol. The summed E-state index contributed by atoms with van der Waals surface area (Å²) >= 11 is 0. The molecule has 0 bridgehead atoms. The monoisotopic (exact) mass is 306 g/mol. The standard InChI is InChI=1S/C15H30N2O4.H2/c1-15(2,3)21-14(18)16-6-10-19-12-13-20-11-9-17-7-4-5-8-17;/h4-13H2,1-3H3,(H,16,18);1H/i;1+2. The summed E-state index contributed by atoms with van der Waals surface area (Å²) in [5, 5.41) is 2.64. The van der Waals surface area contributed by atoms with Gasteiger partial charge < -0.3 is 24.4 Å². The van der Waals surface area contributed by atoms with Gasteiger partial charge in [-0.15, -0.1) is 0 Å². The Hall–Kier alpha value is -0.850. The van der Waals surface area contributed by atoms with Gasteiger partial charge in [0.25, 0.3) is 0 Å². The van der Waals surface area contributed by atoms with E-state index >= 15 is 0 Å². The zero-order valence-electron chi connectivity index (χ0n) is 13.7. The maximum absolute atomic E-state index is 11.3. The van der Waals surface area contributed by atoms with E-state index in [4.69, 9.17) is 14.2 Å². The third kappa shape index (κ3) is 10.5. The number of carbonyl (C=O) groups excluding carboxylic acids is 1. The summed E-state index contributed by atoms with van der Waals surface area (Å²) in [6.45, 7) is 11.8. The first-order valence-corrected chi connectivity index (χ1v) is 7.82. The lowest BCUT2D eigenvalue weighted by Gasteiger charge is -2.19. The average molecular weight is 306 g/mol. The van der Waals surface area contributed by atoms with Gasteiger partial charge in [0, 0.05) is 14.5 Å². The number of amides is 1. The minimum Gasteiger partial charge on any atom is -0.444 e. The number of rotatable bonds is 9. The molecule has 0 radical (unpaired) electrons. The summed E-state index contributed by atoms with van der Waals surface area (Å²) < 4.78 is 16.0. The number of hydrogen-bond acceptors (Lipinski definition) is 5. The molecule has 0 aromatic heterocycles. The van der Waals surface area contributed by atoms with E-state index < -0.39 is 11.7 Å². The van der Waals surface area contributed by atoms with Gasteiger partial charge in [-0.2, -0.15) is 0 Å². The Bertz CT molecular complexity index is 292. The SMILES string of the molecule is CC(C)(C)OC(=O)NCCOCCOCCN1CCCC1.[3HH]. The summed E-state index contributed by atoms with van der Waals surface area (Å²) in [7, 11) is 0. The summed E-state index contributed by atoms with van der Waals surface area (Å²) in [4.78, 5) is 13.8. The van der Waals surface area contributed by atoms with Crippen LogP contribution in [-0.4, -0.2) is 69.2 Å². The highest BCUT2D eigenvalue weighted by molar-refractivity contribution is 5.67. The third-order valence-corrected chi connectivity index (χ3v) is 3.04. The van der Waals surface area contributed by atoms with Crippen LogP contribution >= 0.6 is 0 Å². The van der Waals surface area contributed by atoms with Crippen LogP contribution in [0.2, 0.25) is 0 Å². The van der Waals surface area contributed by atoms with Crippen molar-refractivity contribution in [3.8, 4) is 0 Å². The second kappa shape index (κ2) is 9.97. The van der Waals surface area contributed by atoms with Crippen molar-refractivity contribution < 1.29 is 20.4 Å². The number of likely N-dealkylation sites (tertiary alicyclic amines) is 1. The lowest BCUT2D eigenvalue weighted by molar-refractivity contribution is 0.0358. The van der Waals surface area contributed by atoms with Gasteiger partial charge in [-0.05, 0) is 46.7 Å². The molecule has 0 saturated carbocycles. The molecule has 1 amide bonds. The van der Waals surface area contributed by atoms with Crippen LogP contribution in [0.15, 0.2) is 0 Å². The fraction of sp³-hybridized carbons (Fsp3) is 0.933. The first-order valence-electron chi connectivity index (χ1n) is 7.82. The van der Waals surface area contributed by atoms with Gasteiger partial charge >= 0.3 is 6.09 Å². The topological polar surface area (TPSA) is 60.0 Å². The molecule has 0 aromatic rings. The molecule has 1 aliphatic heterocycles. The lowest BCUT2D eigenvalue weighted by Crippen LogP contribution is -2.34. The van der Waals surface area contributed by atoms with Crippen molar-refractivity contribution in [2.24, 2.45) is 0 Å². The summed E-state index contributed by atoms with van der Waals surface area (Å²) in [5.74, 6) is 0. The molecule has 6 heteroatoms. The molecule has 1 aliphatic rings. The molecular weight excluding hydrogens is 272 g/mol. The van der Waals surface area contributed by atoms with Crippen molar-refractivity contribution in [2.75, 3.05) is 52.6 Å². The molecule has 1 saturated heterocycles. The van der Waals surface area contributed by atoms with Crippen LogP contribution in [0.1, 0.15) is 35.0 Å². The normalized spacial score (nSPS) is 16.1. The zero-order valence-corrected chi connectivity index (χ0v) is 13.7. The first kappa shape index (κ1) is 18.2. The fourth-order valence-electron chi connectivity index (χ4n) is 2.06. The molecule has 0 unspecified atom stereocenters. The quantitative estimate of drug-likeness (QED) is 0.659.